The lowest BCUT2D eigenvalue weighted by atomic mass is 9.97. The van der Waals surface area contributed by atoms with Crippen LogP contribution in [0.3, 0.4) is 0 Å². The van der Waals surface area contributed by atoms with Crippen LogP contribution in [-0.2, 0) is 0 Å². The van der Waals surface area contributed by atoms with E-state index in [1.807, 2.05) is 0 Å². The van der Waals surface area contributed by atoms with Crippen molar-refractivity contribution in [3.05, 3.63) is 0 Å². The molecule has 0 saturated heterocycles. The van der Waals surface area contributed by atoms with Gasteiger partial charge in [0.2, 0.25) is 0 Å². The third kappa shape index (κ3) is 16.0. The van der Waals surface area contributed by atoms with Crippen molar-refractivity contribution in [2.24, 2.45) is 5.73 Å². The molecule has 2 heteroatoms. The second kappa shape index (κ2) is 17.0. The van der Waals surface area contributed by atoms with Crippen molar-refractivity contribution >= 4 is 0 Å². The zero-order valence-corrected chi connectivity index (χ0v) is 14.3. The Morgan fingerprint density at radius 1 is 0.750 bits per heavy atom. The molecular weight excluding hydrogens is 244 g/mol. The Hall–Kier alpha value is -0.0800. The molecule has 0 amide bonds. The highest BCUT2D eigenvalue weighted by molar-refractivity contribution is 4.66. The quantitative estimate of drug-likeness (QED) is 0.553. The summed E-state index contributed by atoms with van der Waals surface area (Å²) in [5.41, 5.74) is 5.63. The Morgan fingerprint density at radius 3 is 1.60 bits per heavy atom. The van der Waals surface area contributed by atoms with Gasteiger partial charge >= 0.3 is 0 Å². The highest BCUT2D eigenvalue weighted by Crippen LogP contribution is 2.14. The predicted molar refractivity (Wildman–Crippen MR) is 92.2 cm³/mol. The van der Waals surface area contributed by atoms with Gasteiger partial charge in [-0.1, -0.05) is 71.6 Å². The maximum Gasteiger partial charge on any atom is 0.00388 e. The smallest absolute Gasteiger partial charge is 0.00388 e. The van der Waals surface area contributed by atoms with E-state index in [2.05, 4.69) is 19.2 Å². The zero-order chi connectivity index (χ0) is 14.9. The molecule has 0 atom stereocenters. The van der Waals surface area contributed by atoms with Crippen LogP contribution in [0.4, 0.5) is 0 Å². The van der Waals surface area contributed by atoms with Crippen LogP contribution < -0.4 is 11.1 Å². The van der Waals surface area contributed by atoms with E-state index in [1.165, 1.54) is 96.6 Å². The molecule has 0 aromatic rings. The van der Waals surface area contributed by atoms with E-state index in [-0.39, 0.29) is 0 Å². The van der Waals surface area contributed by atoms with E-state index in [1.54, 1.807) is 0 Å². The lowest BCUT2D eigenvalue weighted by molar-refractivity contribution is 0.441. The first kappa shape index (κ1) is 19.9. The van der Waals surface area contributed by atoms with Gasteiger partial charge in [0.1, 0.15) is 0 Å². The molecule has 1 saturated carbocycles. The topological polar surface area (TPSA) is 38.0 Å². The fourth-order valence-corrected chi connectivity index (χ4v) is 2.61. The molecule has 1 aliphatic rings. The van der Waals surface area contributed by atoms with Crippen LogP contribution in [0.1, 0.15) is 97.3 Å². The summed E-state index contributed by atoms with van der Waals surface area (Å²) in [5, 5.41) is 3.50. The van der Waals surface area contributed by atoms with E-state index in [9.17, 15) is 0 Å². The number of hydrogen-bond acceptors (Lipinski definition) is 2. The fraction of sp³-hybridized carbons (Fsp3) is 1.00. The summed E-state index contributed by atoms with van der Waals surface area (Å²) in [4.78, 5) is 0. The van der Waals surface area contributed by atoms with Gasteiger partial charge in [0, 0.05) is 6.04 Å². The van der Waals surface area contributed by atoms with Gasteiger partial charge in [0.05, 0.1) is 0 Å². The minimum Gasteiger partial charge on any atom is -0.328 e. The van der Waals surface area contributed by atoms with E-state index in [0.717, 1.165) is 0 Å². The fourth-order valence-electron chi connectivity index (χ4n) is 2.61. The van der Waals surface area contributed by atoms with Crippen LogP contribution in [0.5, 0.6) is 0 Å². The van der Waals surface area contributed by atoms with Crippen molar-refractivity contribution in [1.29, 1.82) is 0 Å². The lowest BCUT2D eigenvalue weighted by Crippen LogP contribution is -2.22. The number of rotatable bonds is 10. The Balaban J connectivity index is 0.000000428. The molecule has 0 unspecified atom stereocenters. The van der Waals surface area contributed by atoms with Crippen LogP contribution in [0.2, 0.25) is 0 Å². The maximum atomic E-state index is 5.63. The Morgan fingerprint density at radius 2 is 1.25 bits per heavy atom. The highest BCUT2D eigenvalue weighted by Gasteiger charge is 2.06. The SMILES string of the molecule is CCCCCCNCCCCCC.NC1CCCCC1. The van der Waals surface area contributed by atoms with Crippen molar-refractivity contribution in [3.8, 4) is 0 Å². The first-order valence-corrected chi connectivity index (χ1v) is 9.27. The van der Waals surface area contributed by atoms with E-state index >= 15 is 0 Å². The summed E-state index contributed by atoms with van der Waals surface area (Å²) in [6.45, 7) is 6.98. The van der Waals surface area contributed by atoms with Crippen molar-refractivity contribution in [1.82, 2.24) is 5.32 Å². The van der Waals surface area contributed by atoms with Gasteiger partial charge < -0.3 is 11.1 Å². The van der Waals surface area contributed by atoms with Crippen molar-refractivity contribution in [2.45, 2.75) is 103 Å². The Labute approximate surface area is 128 Å². The monoisotopic (exact) mass is 284 g/mol. The Bertz CT molecular complexity index is 155. The van der Waals surface area contributed by atoms with E-state index < -0.39 is 0 Å². The summed E-state index contributed by atoms with van der Waals surface area (Å²) in [6, 6.07) is 0.536. The average molecular weight is 285 g/mol. The molecule has 20 heavy (non-hydrogen) atoms. The Kier molecular flexibility index (Phi) is 16.9. The molecule has 1 aliphatic carbocycles. The van der Waals surface area contributed by atoms with Crippen LogP contribution >= 0.6 is 0 Å². The number of unbranched alkanes of at least 4 members (excludes halogenated alkanes) is 6. The molecule has 0 bridgehead atoms. The molecule has 1 fully saturated rings. The second-order valence-corrected chi connectivity index (χ2v) is 6.27. The van der Waals surface area contributed by atoms with Gasteiger partial charge in [0.25, 0.3) is 0 Å². The van der Waals surface area contributed by atoms with Crippen molar-refractivity contribution in [3.63, 3.8) is 0 Å². The van der Waals surface area contributed by atoms with Crippen LogP contribution in [0, 0.1) is 0 Å². The number of nitrogens with two attached hydrogens (primary N) is 1. The second-order valence-electron chi connectivity index (χ2n) is 6.27. The third-order valence-electron chi connectivity index (χ3n) is 4.06. The third-order valence-corrected chi connectivity index (χ3v) is 4.06. The standard InChI is InChI=1S/C12H27N.C6H13N/c1-3-5-7-9-11-13-12-10-8-6-4-2;7-6-4-2-1-3-5-6/h13H,3-12H2,1-2H3;6H,1-5,7H2. The van der Waals surface area contributed by atoms with Gasteiger partial charge in [-0.3, -0.25) is 0 Å². The lowest BCUT2D eigenvalue weighted by Gasteiger charge is -2.15. The minimum atomic E-state index is 0.536. The van der Waals surface area contributed by atoms with E-state index in [0.29, 0.717) is 6.04 Å². The molecule has 0 aromatic carbocycles. The highest BCUT2D eigenvalue weighted by atomic mass is 14.8. The summed E-state index contributed by atoms with van der Waals surface area (Å²) in [5.74, 6) is 0. The van der Waals surface area contributed by atoms with Gasteiger partial charge in [0.15, 0.2) is 0 Å². The normalized spacial score (nSPS) is 15.8. The number of hydrogen-bond donors (Lipinski definition) is 2. The average Bonchev–Trinajstić information content (AvgIpc) is 2.47. The zero-order valence-electron chi connectivity index (χ0n) is 14.3. The first-order valence-electron chi connectivity index (χ1n) is 9.27. The van der Waals surface area contributed by atoms with Gasteiger partial charge in [-0.2, -0.15) is 0 Å². The maximum absolute atomic E-state index is 5.63. The van der Waals surface area contributed by atoms with Crippen LogP contribution in [0.15, 0.2) is 0 Å². The largest absolute Gasteiger partial charge is 0.328 e. The molecule has 0 radical (unpaired) electrons. The van der Waals surface area contributed by atoms with Crippen molar-refractivity contribution < 1.29 is 0 Å². The summed E-state index contributed by atoms with van der Waals surface area (Å²) >= 11 is 0. The van der Waals surface area contributed by atoms with Crippen LogP contribution in [0.25, 0.3) is 0 Å². The predicted octanol–water partition coefficient (Wildman–Crippen LogP) is 5.01. The van der Waals surface area contributed by atoms with E-state index in [4.69, 9.17) is 5.73 Å². The van der Waals surface area contributed by atoms with Gasteiger partial charge in [-0.05, 0) is 38.8 Å². The molecule has 122 valence electrons. The van der Waals surface area contributed by atoms with Gasteiger partial charge in [-0.25, -0.2) is 0 Å². The summed E-state index contributed by atoms with van der Waals surface area (Å²) < 4.78 is 0. The summed E-state index contributed by atoms with van der Waals surface area (Å²) in [7, 11) is 0. The first-order chi connectivity index (χ1) is 9.81. The van der Waals surface area contributed by atoms with Gasteiger partial charge in [-0.15, -0.1) is 0 Å². The molecule has 3 N–H and O–H groups in total. The molecule has 0 spiro atoms. The van der Waals surface area contributed by atoms with Crippen molar-refractivity contribution in [2.75, 3.05) is 13.1 Å². The molecular formula is C18H40N2. The molecule has 0 heterocycles. The molecule has 1 rings (SSSR count). The number of nitrogens with one attached hydrogen (secondary N) is 1. The molecule has 0 aliphatic heterocycles. The minimum absolute atomic E-state index is 0.536. The molecule has 2 nitrogen and oxygen atoms in total. The van der Waals surface area contributed by atoms with Crippen LogP contribution in [-0.4, -0.2) is 19.1 Å². The summed E-state index contributed by atoms with van der Waals surface area (Å²) in [6.07, 6.45) is 17.7. The molecule has 0 aromatic heterocycles.